The van der Waals surface area contributed by atoms with E-state index in [1.807, 2.05) is 43.0 Å². The number of imidazole rings is 1. The number of fused-ring (bicyclic) bond motifs is 2. The van der Waals surface area contributed by atoms with Gasteiger partial charge in [0.1, 0.15) is 24.0 Å². The van der Waals surface area contributed by atoms with Crippen LogP contribution < -0.4 is 4.74 Å². The highest BCUT2D eigenvalue weighted by atomic mass is 19.1. The van der Waals surface area contributed by atoms with Crippen LogP contribution in [0.2, 0.25) is 0 Å². The molecule has 4 aromatic rings. The molecule has 2 heterocycles. The third kappa shape index (κ3) is 5.47. The molecule has 1 amide bonds. The molecule has 6 rings (SSSR count). The minimum Gasteiger partial charge on any atom is -0.491 e. The average Bonchev–Trinajstić information content (AvgIpc) is 3.05. The fraction of sp³-hybridized carbons (Fsp3) is 0.333. The topological polar surface area (TPSA) is 58.2 Å². The molecular weight excluding hydrogens is 489 g/mol. The number of benzene rings is 3. The Bertz CT molecular complexity index is 1570. The third-order valence-electron chi connectivity index (χ3n) is 8.09. The van der Waals surface area contributed by atoms with Crippen LogP contribution in [0.4, 0.5) is 4.39 Å². The molecule has 1 N–H and O–H groups in total. The van der Waals surface area contributed by atoms with Crippen LogP contribution in [0.5, 0.6) is 5.75 Å². The summed E-state index contributed by atoms with van der Waals surface area (Å²) in [6.45, 7) is 5.47. The molecule has 0 radical (unpaired) electrons. The van der Waals surface area contributed by atoms with Crippen LogP contribution in [0.25, 0.3) is 22.2 Å². The fourth-order valence-electron chi connectivity index (χ4n) is 6.10. The number of nitrogens with one attached hydrogen (secondary N) is 1. The number of rotatable bonds is 3. The van der Waals surface area contributed by atoms with Crippen molar-refractivity contribution < 1.29 is 13.9 Å². The molecule has 1 fully saturated rings. The molecule has 3 aromatic carbocycles. The lowest BCUT2D eigenvalue weighted by Crippen LogP contribution is -2.31. The van der Waals surface area contributed by atoms with Crippen molar-refractivity contribution in [3.63, 3.8) is 0 Å². The summed E-state index contributed by atoms with van der Waals surface area (Å²) in [6.07, 6.45) is 6.90. The van der Waals surface area contributed by atoms with Gasteiger partial charge >= 0.3 is 0 Å². The summed E-state index contributed by atoms with van der Waals surface area (Å²) in [7, 11) is 0. The van der Waals surface area contributed by atoms with Crippen LogP contribution in [0.1, 0.15) is 60.5 Å². The number of hydrogen-bond acceptors (Lipinski definition) is 3. The van der Waals surface area contributed by atoms with Crippen molar-refractivity contribution in [2.45, 2.75) is 58.4 Å². The first-order valence-corrected chi connectivity index (χ1v) is 13.9. The van der Waals surface area contributed by atoms with Crippen molar-refractivity contribution in [1.82, 2.24) is 14.9 Å². The van der Waals surface area contributed by atoms with Crippen LogP contribution in [0.15, 0.2) is 66.2 Å². The number of H-pyrrole nitrogens is 1. The van der Waals surface area contributed by atoms with Gasteiger partial charge in [-0.3, -0.25) is 4.79 Å². The molecule has 5 nitrogen and oxygen atoms in total. The predicted octanol–water partition coefficient (Wildman–Crippen LogP) is 7.38. The lowest BCUT2D eigenvalue weighted by molar-refractivity contribution is -0.126. The number of carbonyl (C=O) groups is 1. The largest absolute Gasteiger partial charge is 0.491 e. The summed E-state index contributed by atoms with van der Waals surface area (Å²) in [4.78, 5) is 23.2. The summed E-state index contributed by atoms with van der Waals surface area (Å²) >= 11 is 0. The van der Waals surface area contributed by atoms with E-state index in [2.05, 4.69) is 34.2 Å². The van der Waals surface area contributed by atoms with Gasteiger partial charge in [-0.2, -0.15) is 0 Å². The number of carbonyl (C=O) groups excluding carboxylic acids is 1. The molecule has 1 unspecified atom stereocenters. The van der Waals surface area contributed by atoms with Crippen LogP contribution >= 0.6 is 0 Å². The smallest absolute Gasteiger partial charge is 0.246 e. The number of aromatic amines is 1. The first-order chi connectivity index (χ1) is 18.9. The summed E-state index contributed by atoms with van der Waals surface area (Å²) < 4.78 is 19.7. The molecule has 39 heavy (non-hydrogen) atoms. The SMILES string of the molecule is Cc1nc2ccc(-c3ccc4c(c3)CN(C(=O)/C=C3\CCCCC(c5ccc(F)cc5C)C3)CCO4)cc2[nH]1. The van der Waals surface area contributed by atoms with E-state index in [9.17, 15) is 9.18 Å². The first kappa shape index (κ1) is 25.4. The Morgan fingerprint density at radius 2 is 1.92 bits per heavy atom. The minimum absolute atomic E-state index is 0.0395. The van der Waals surface area contributed by atoms with Crippen LogP contribution in [-0.4, -0.2) is 33.9 Å². The van der Waals surface area contributed by atoms with E-state index in [0.717, 1.165) is 77.0 Å². The second-order valence-corrected chi connectivity index (χ2v) is 10.9. The summed E-state index contributed by atoms with van der Waals surface area (Å²) in [5, 5.41) is 0. The summed E-state index contributed by atoms with van der Waals surface area (Å²) in [5.41, 5.74) is 8.54. The molecule has 1 atom stereocenters. The fourth-order valence-corrected chi connectivity index (χ4v) is 6.10. The van der Waals surface area contributed by atoms with E-state index in [0.29, 0.717) is 25.6 Å². The maximum atomic E-state index is 13.7. The second-order valence-electron chi connectivity index (χ2n) is 10.9. The van der Waals surface area contributed by atoms with Crippen molar-refractivity contribution in [3.8, 4) is 16.9 Å². The Hall–Kier alpha value is -3.93. The Labute approximate surface area is 228 Å². The van der Waals surface area contributed by atoms with Gasteiger partial charge in [-0.25, -0.2) is 9.37 Å². The van der Waals surface area contributed by atoms with E-state index in [1.54, 1.807) is 12.1 Å². The van der Waals surface area contributed by atoms with Crippen LogP contribution in [0, 0.1) is 19.7 Å². The van der Waals surface area contributed by atoms with E-state index in [4.69, 9.17) is 4.74 Å². The number of allylic oxidation sites excluding steroid dienone is 1. The lowest BCUT2D eigenvalue weighted by atomic mass is 9.87. The molecule has 1 aliphatic heterocycles. The summed E-state index contributed by atoms with van der Waals surface area (Å²) in [5.74, 6) is 1.89. The number of nitrogens with zero attached hydrogens (tertiary/aromatic N) is 2. The van der Waals surface area contributed by atoms with Gasteiger partial charge in [0.25, 0.3) is 0 Å². The Kier molecular flexibility index (Phi) is 6.94. The number of hydrogen-bond donors (Lipinski definition) is 1. The Morgan fingerprint density at radius 1 is 1.08 bits per heavy atom. The number of aromatic nitrogens is 2. The average molecular weight is 524 g/mol. The van der Waals surface area contributed by atoms with E-state index in [-0.39, 0.29) is 11.7 Å². The molecule has 1 saturated carbocycles. The van der Waals surface area contributed by atoms with Gasteiger partial charge in [-0.05, 0) is 104 Å². The van der Waals surface area contributed by atoms with Crippen molar-refractivity contribution in [2.24, 2.45) is 0 Å². The molecule has 0 spiro atoms. The number of ether oxygens (including phenoxy) is 1. The van der Waals surface area contributed by atoms with Gasteiger partial charge in [0.15, 0.2) is 0 Å². The molecule has 6 heteroatoms. The maximum Gasteiger partial charge on any atom is 0.246 e. The molecule has 1 aliphatic carbocycles. The number of halogens is 1. The second kappa shape index (κ2) is 10.7. The Balaban J connectivity index is 1.22. The van der Waals surface area contributed by atoms with Crippen LogP contribution in [-0.2, 0) is 11.3 Å². The molecule has 2 aliphatic rings. The monoisotopic (exact) mass is 523 g/mol. The summed E-state index contributed by atoms with van der Waals surface area (Å²) in [6, 6.07) is 17.6. The van der Waals surface area contributed by atoms with Gasteiger partial charge in [0.2, 0.25) is 5.91 Å². The molecule has 0 bridgehead atoms. The van der Waals surface area contributed by atoms with Gasteiger partial charge in [0.05, 0.1) is 17.6 Å². The van der Waals surface area contributed by atoms with Crippen molar-refractivity contribution >= 4 is 16.9 Å². The van der Waals surface area contributed by atoms with Gasteiger partial charge < -0.3 is 14.6 Å². The first-order valence-electron chi connectivity index (χ1n) is 13.9. The molecule has 0 saturated heterocycles. The zero-order valence-corrected chi connectivity index (χ0v) is 22.6. The van der Waals surface area contributed by atoms with E-state index >= 15 is 0 Å². The zero-order valence-electron chi connectivity index (χ0n) is 22.6. The number of amides is 1. The van der Waals surface area contributed by atoms with E-state index < -0.39 is 0 Å². The normalized spacial score (nSPS) is 18.9. The van der Waals surface area contributed by atoms with Gasteiger partial charge in [0, 0.05) is 18.2 Å². The van der Waals surface area contributed by atoms with Gasteiger partial charge in [-0.1, -0.05) is 30.2 Å². The quantitative estimate of drug-likeness (QED) is 0.225. The van der Waals surface area contributed by atoms with Crippen molar-refractivity contribution in [3.05, 3.63) is 94.6 Å². The number of aryl methyl sites for hydroxylation is 2. The van der Waals surface area contributed by atoms with Crippen molar-refractivity contribution in [2.75, 3.05) is 13.2 Å². The Morgan fingerprint density at radius 3 is 2.79 bits per heavy atom. The molecule has 1 aromatic heterocycles. The van der Waals surface area contributed by atoms with Gasteiger partial charge in [-0.15, -0.1) is 0 Å². The predicted molar refractivity (Wildman–Crippen MR) is 152 cm³/mol. The highest BCUT2D eigenvalue weighted by molar-refractivity contribution is 5.88. The molecular formula is C33H34FN3O2. The third-order valence-corrected chi connectivity index (χ3v) is 8.09. The van der Waals surface area contributed by atoms with Crippen LogP contribution in [0.3, 0.4) is 0 Å². The van der Waals surface area contributed by atoms with Crippen molar-refractivity contribution in [1.29, 1.82) is 0 Å². The van der Waals surface area contributed by atoms with E-state index in [1.165, 1.54) is 11.1 Å². The standard InChI is InChI=1S/C33H34FN3O2/c1-21-15-28(34)9-10-29(21)26-6-4-3-5-23(16-26)17-33(38)37-13-14-39-32-12-8-24(18-27(32)20-37)25-7-11-30-31(19-25)36-22(2)35-30/h7-12,15,17-19,26H,3-6,13-14,16,20H2,1-2H3,(H,35,36)/b23-17+. The highest BCUT2D eigenvalue weighted by Gasteiger charge is 2.23. The maximum absolute atomic E-state index is 13.7. The highest BCUT2D eigenvalue weighted by Crippen LogP contribution is 2.36. The zero-order chi connectivity index (χ0) is 26.9. The molecule has 200 valence electrons. The lowest BCUT2D eigenvalue weighted by Gasteiger charge is -2.21. The minimum atomic E-state index is -0.195.